The molecule has 1 saturated carbocycles. The first-order chi connectivity index (χ1) is 25.7. The third-order valence-corrected chi connectivity index (χ3v) is 13.5. The molecule has 0 bridgehead atoms. The topological polar surface area (TPSA) is 9.72 Å². The number of fused-ring (bicyclic) bond motifs is 9. The van der Waals surface area contributed by atoms with E-state index in [0.29, 0.717) is 23.8 Å². The second kappa shape index (κ2) is 11.6. The fourth-order valence-electron chi connectivity index (χ4n) is 11.1. The zero-order chi connectivity index (χ0) is 34.4. The first-order valence-electron chi connectivity index (χ1n) is 19.6. The summed E-state index contributed by atoms with van der Waals surface area (Å²) in [6.45, 7) is 0. The predicted molar refractivity (Wildman–Crippen MR) is 216 cm³/mol. The highest BCUT2D eigenvalue weighted by molar-refractivity contribution is 5.77. The van der Waals surface area contributed by atoms with Crippen LogP contribution in [0.5, 0.6) is 0 Å². The predicted octanol–water partition coefficient (Wildman–Crippen LogP) is 11.5. The maximum atomic E-state index is 2.70. The van der Waals surface area contributed by atoms with E-state index >= 15 is 0 Å². The molecule has 0 N–H and O–H groups in total. The Hall–Kier alpha value is -5.28. The molecule has 5 unspecified atom stereocenters. The molecule has 1 fully saturated rings. The van der Waals surface area contributed by atoms with Crippen LogP contribution in [0.3, 0.4) is 0 Å². The molecule has 5 atom stereocenters. The van der Waals surface area contributed by atoms with Crippen LogP contribution in [0.1, 0.15) is 78.5 Å². The smallest absolute Gasteiger partial charge is 0.0629 e. The number of allylic oxidation sites excluding steroid dienone is 8. The molecule has 4 aliphatic carbocycles. The van der Waals surface area contributed by atoms with Gasteiger partial charge in [0.25, 0.3) is 0 Å². The quantitative estimate of drug-likeness (QED) is 0.213. The Morgan fingerprint density at radius 1 is 0.615 bits per heavy atom. The summed E-state index contributed by atoms with van der Waals surface area (Å²) in [5.41, 5.74) is 15.7. The third-order valence-electron chi connectivity index (χ3n) is 13.5. The van der Waals surface area contributed by atoms with Crippen molar-refractivity contribution in [2.24, 2.45) is 0 Å². The Morgan fingerprint density at radius 2 is 1.35 bits per heavy atom. The third kappa shape index (κ3) is 4.32. The molecule has 3 heteroatoms. The van der Waals surface area contributed by atoms with Gasteiger partial charge in [-0.2, -0.15) is 0 Å². The zero-order valence-electron chi connectivity index (χ0n) is 29.9. The lowest BCUT2D eigenvalue weighted by Crippen LogP contribution is -2.37. The van der Waals surface area contributed by atoms with E-state index in [1.54, 1.807) is 0 Å². The van der Waals surface area contributed by atoms with E-state index < -0.39 is 0 Å². The highest BCUT2D eigenvalue weighted by atomic mass is 15.2. The number of likely N-dealkylation sites (N-methyl/N-ethyl adjacent to an activating group) is 1. The molecule has 256 valence electrons. The number of rotatable bonds is 4. The standard InChI is InChI=1S/C49H45N3/c1-50-43-19-9-6-16-37(43)42-32-36(24-27-44(42)50)52-46-21-11-8-18-39(46)41-31-34(23-26-48(41)52)49(28-12-3-13-29-49)33-22-25-47-40(30-33)38-17-7-10-20-45(38)51(47)35-14-4-2-5-15-35/h2,4-11,14-27,30-31,38,41-42,45,48H,3,12-13,28-29,32H2,1H3. The van der Waals surface area contributed by atoms with Gasteiger partial charge in [-0.15, -0.1) is 0 Å². The van der Waals surface area contributed by atoms with Crippen LogP contribution < -0.4 is 14.7 Å². The molecule has 3 aliphatic heterocycles. The van der Waals surface area contributed by atoms with Gasteiger partial charge in [-0.05, 0) is 83.2 Å². The summed E-state index contributed by atoms with van der Waals surface area (Å²) in [6.07, 6.45) is 29.3. The van der Waals surface area contributed by atoms with Crippen molar-refractivity contribution in [3.05, 3.63) is 191 Å². The first-order valence-corrected chi connectivity index (χ1v) is 19.6. The maximum Gasteiger partial charge on any atom is 0.0629 e. The summed E-state index contributed by atoms with van der Waals surface area (Å²) >= 11 is 0. The lowest BCUT2D eigenvalue weighted by molar-refractivity contribution is 0.342. The highest BCUT2D eigenvalue weighted by Crippen LogP contribution is 2.56. The molecule has 0 amide bonds. The molecule has 0 radical (unpaired) electrons. The van der Waals surface area contributed by atoms with Crippen LogP contribution in [0.2, 0.25) is 0 Å². The number of para-hydroxylation sites is 3. The molecular weight excluding hydrogens is 631 g/mol. The Labute approximate surface area is 308 Å². The van der Waals surface area contributed by atoms with Crippen molar-refractivity contribution in [3.8, 4) is 0 Å². The summed E-state index contributed by atoms with van der Waals surface area (Å²) in [6, 6.07) is 37.3. The summed E-state index contributed by atoms with van der Waals surface area (Å²) in [5.74, 6) is 1.10. The molecule has 0 aromatic heterocycles. The number of benzene rings is 4. The molecule has 7 aliphatic rings. The monoisotopic (exact) mass is 675 g/mol. The zero-order valence-corrected chi connectivity index (χ0v) is 29.9. The normalized spacial score (nSPS) is 27.2. The van der Waals surface area contributed by atoms with Gasteiger partial charge >= 0.3 is 0 Å². The van der Waals surface area contributed by atoms with Crippen LogP contribution in [0.25, 0.3) is 0 Å². The first kappa shape index (κ1) is 30.4. The highest BCUT2D eigenvalue weighted by Gasteiger charge is 2.46. The summed E-state index contributed by atoms with van der Waals surface area (Å²) < 4.78 is 0. The molecule has 3 nitrogen and oxygen atoms in total. The number of hydrogen-bond donors (Lipinski definition) is 0. The Balaban J connectivity index is 0.976. The second-order valence-corrected chi connectivity index (χ2v) is 16.0. The van der Waals surface area contributed by atoms with Crippen LogP contribution in [-0.2, 0) is 5.41 Å². The van der Waals surface area contributed by atoms with Crippen molar-refractivity contribution < 1.29 is 0 Å². The summed E-state index contributed by atoms with van der Waals surface area (Å²) in [7, 11) is 2.23. The van der Waals surface area contributed by atoms with Gasteiger partial charge in [-0.3, -0.25) is 0 Å². The van der Waals surface area contributed by atoms with Gasteiger partial charge in [0.1, 0.15) is 0 Å². The van der Waals surface area contributed by atoms with Gasteiger partial charge in [0.2, 0.25) is 0 Å². The van der Waals surface area contributed by atoms with E-state index in [2.05, 4.69) is 173 Å². The second-order valence-electron chi connectivity index (χ2n) is 16.0. The molecule has 4 aromatic rings. The SMILES string of the molecule is CN1C2=CC=C(N3c4ccccc4C4C=C(C5(c6ccc7c(c6)C6C=CC=CC6N7c6ccccc6)CCCCC5)C=CC43)CC2c2ccccc21. The van der Waals surface area contributed by atoms with Crippen LogP contribution in [0.4, 0.5) is 22.7 Å². The molecule has 0 saturated heterocycles. The lowest BCUT2D eigenvalue weighted by atomic mass is 9.62. The number of hydrogen-bond acceptors (Lipinski definition) is 3. The van der Waals surface area contributed by atoms with Gasteiger partial charge < -0.3 is 14.7 Å². The summed E-state index contributed by atoms with van der Waals surface area (Å²) in [4.78, 5) is 7.64. The summed E-state index contributed by atoms with van der Waals surface area (Å²) in [5, 5.41) is 0. The van der Waals surface area contributed by atoms with Crippen molar-refractivity contribution in [2.75, 3.05) is 21.7 Å². The molecule has 52 heavy (non-hydrogen) atoms. The molecule has 4 aromatic carbocycles. The van der Waals surface area contributed by atoms with Crippen LogP contribution >= 0.6 is 0 Å². The number of anilines is 4. The average molecular weight is 676 g/mol. The van der Waals surface area contributed by atoms with Gasteiger partial charge in [0, 0.05) is 70.8 Å². The van der Waals surface area contributed by atoms with Gasteiger partial charge in [-0.25, -0.2) is 0 Å². The van der Waals surface area contributed by atoms with Crippen molar-refractivity contribution in [3.63, 3.8) is 0 Å². The molecular formula is C49H45N3. The van der Waals surface area contributed by atoms with Crippen LogP contribution in [0, 0.1) is 0 Å². The average Bonchev–Trinajstić information content (AvgIpc) is 3.83. The number of nitrogens with zero attached hydrogens (tertiary/aromatic N) is 3. The Bertz CT molecular complexity index is 2280. The van der Waals surface area contributed by atoms with E-state index in [9.17, 15) is 0 Å². The van der Waals surface area contributed by atoms with Crippen molar-refractivity contribution in [1.82, 2.24) is 0 Å². The fraction of sp³-hybridized carbons (Fsp3) is 0.265. The van der Waals surface area contributed by atoms with Crippen LogP contribution in [-0.4, -0.2) is 19.1 Å². The van der Waals surface area contributed by atoms with Crippen molar-refractivity contribution in [1.29, 1.82) is 0 Å². The molecule has 11 rings (SSSR count). The van der Waals surface area contributed by atoms with E-state index in [-0.39, 0.29) is 11.5 Å². The Kier molecular flexibility index (Phi) is 6.78. The largest absolute Gasteiger partial charge is 0.347 e. The van der Waals surface area contributed by atoms with E-state index in [0.717, 1.165) is 6.42 Å². The Morgan fingerprint density at radius 3 is 2.21 bits per heavy atom. The molecule has 0 spiro atoms. The lowest BCUT2D eigenvalue weighted by Gasteiger charge is -2.42. The van der Waals surface area contributed by atoms with Crippen molar-refractivity contribution >= 4 is 22.7 Å². The fourth-order valence-corrected chi connectivity index (χ4v) is 11.1. The van der Waals surface area contributed by atoms with Crippen molar-refractivity contribution in [2.45, 2.75) is 73.8 Å². The molecule has 3 heterocycles. The van der Waals surface area contributed by atoms with Gasteiger partial charge in [-0.1, -0.05) is 129 Å². The van der Waals surface area contributed by atoms with E-state index in [1.165, 1.54) is 94.1 Å². The van der Waals surface area contributed by atoms with E-state index in [1.807, 2.05) is 0 Å². The van der Waals surface area contributed by atoms with Crippen LogP contribution in [0.15, 0.2) is 169 Å². The minimum Gasteiger partial charge on any atom is -0.347 e. The van der Waals surface area contributed by atoms with Gasteiger partial charge in [0.15, 0.2) is 0 Å². The maximum absolute atomic E-state index is 2.70. The van der Waals surface area contributed by atoms with Gasteiger partial charge in [0.05, 0.1) is 12.1 Å². The minimum absolute atomic E-state index is 0.0287. The van der Waals surface area contributed by atoms with E-state index in [4.69, 9.17) is 0 Å². The minimum atomic E-state index is 0.0287.